The van der Waals surface area contributed by atoms with Gasteiger partial charge in [-0.2, -0.15) is 0 Å². The number of hydrogen-bond donors (Lipinski definition) is 1. The number of aromatic nitrogens is 1. The van der Waals surface area contributed by atoms with E-state index < -0.39 is 5.97 Å². The summed E-state index contributed by atoms with van der Waals surface area (Å²) in [4.78, 5) is 15.3. The lowest BCUT2D eigenvalue weighted by Crippen LogP contribution is -2.39. The van der Waals surface area contributed by atoms with Gasteiger partial charge in [-0.25, -0.2) is 9.78 Å². The summed E-state index contributed by atoms with van der Waals surface area (Å²) in [5.74, 6) is -0.174. The quantitative estimate of drug-likeness (QED) is 0.916. The van der Waals surface area contributed by atoms with Crippen LogP contribution in [0.5, 0.6) is 5.88 Å². The molecular weight excluding hydrogens is 290 g/mol. The Bertz CT molecular complexity index is 601. The van der Waals surface area contributed by atoms with Crippen molar-refractivity contribution < 1.29 is 14.6 Å². The summed E-state index contributed by atoms with van der Waals surface area (Å²) in [6.07, 6.45) is 4.83. The smallest absolute Gasteiger partial charge is 0.337 e. The predicted molar refractivity (Wildman–Crippen MR) is 79.9 cm³/mol. The summed E-state index contributed by atoms with van der Waals surface area (Å²) in [6.45, 7) is 6.87. The number of ether oxygens (including phenoxy) is 1. The van der Waals surface area contributed by atoms with E-state index in [-0.39, 0.29) is 33.4 Å². The molecule has 4 nitrogen and oxygen atoms in total. The highest BCUT2D eigenvalue weighted by atomic mass is 35.5. The fourth-order valence-corrected chi connectivity index (χ4v) is 4.35. The number of rotatable bonds is 3. The minimum absolute atomic E-state index is 0.0363. The van der Waals surface area contributed by atoms with E-state index in [0.29, 0.717) is 5.92 Å². The Hall–Kier alpha value is -1.29. The van der Waals surface area contributed by atoms with Gasteiger partial charge in [0, 0.05) is 11.6 Å². The molecule has 3 atom stereocenters. The first-order chi connectivity index (χ1) is 9.77. The van der Waals surface area contributed by atoms with Gasteiger partial charge in [-0.1, -0.05) is 32.4 Å². The summed E-state index contributed by atoms with van der Waals surface area (Å²) in [5, 5.41) is 9.21. The largest absolute Gasteiger partial charge is 0.478 e. The van der Waals surface area contributed by atoms with Gasteiger partial charge in [0.05, 0.1) is 5.56 Å². The molecule has 2 aliphatic rings. The number of aromatic carboxylic acids is 1. The number of carboxylic acid groups (broad SMARTS) is 1. The second-order valence-electron chi connectivity index (χ2n) is 7.00. The van der Waals surface area contributed by atoms with E-state index in [0.717, 1.165) is 12.8 Å². The van der Waals surface area contributed by atoms with Crippen molar-refractivity contribution in [2.45, 2.75) is 46.1 Å². The maximum atomic E-state index is 11.1. The van der Waals surface area contributed by atoms with Crippen molar-refractivity contribution in [2.24, 2.45) is 16.7 Å². The van der Waals surface area contributed by atoms with Crippen LogP contribution in [0.1, 0.15) is 50.4 Å². The van der Waals surface area contributed by atoms with Crippen LogP contribution in [-0.4, -0.2) is 22.2 Å². The Morgan fingerprint density at radius 3 is 2.71 bits per heavy atom. The van der Waals surface area contributed by atoms with E-state index in [1.165, 1.54) is 18.7 Å². The van der Waals surface area contributed by atoms with E-state index in [9.17, 15) is 4.79 Å². The highest BCUT2D eigenvalue weighted by molar-refractivity contribution is 6.34. The van der Waals surface area contributed by atoms with Crippen LogP contribution >= 0.6 is 11.6 Å². The van der Waals surface area contributed by atoms with Gasteiger partial charge in [-0.15, -0.1) is 0 Å². The van der Waals surface area contributed by atoms with Crippen LogP contribution < -0.4 is 4.74 Å². The maximum absolute atomic E-state index is 11.1. The predicted octanol–water partition coefficient (Wildman–Crippen LogP) is 4.03. The standard InChI is InChI=1S/C16H20ClNO3/c1-15(2)9-4-6-16(15,3)11(8-9)21-13-12(17)10(14(19)20)5-7-18-13/h5,7,9,11H,4,6,8H2,1-3H3,(H,19,20). The second-order valence-corrected chi connectivity index (χ2v) is 7.38. The Labute approximate surface area is 129 Å². The molecule has 5 heteroatoms. The van der Waals surface area contributed by atoms with Gasteiger partial charge >= 0.3 is 5.97 Å². The molecule has 3 rings (SSSR count). The van der Waals surface area contributed by atoms with E-state index >= 15 is 0 Å². The highest BCUT2D eigenvalue weighted by Gasteiger charge is 2.62. The average molecular weight is 310 g/mol. The monoisotopic (exact) mass is 309 g/mol. The summed E-state index contributed by atoms with van der Waals surface area (Å²) in [5.41, 5.74) is 0.352. The number of hydrogen-bond acceptors (Lipinski definition) is 3. The lowest BCUT2D eigenvalue weighted by atomic mass is 9.70. The molecule has 3 unspecified atom stereocenters. The van der Waals surface area contributed by atoms with Gasteiger partial charge in [0.1, 0.15) is 11.1 Å². The molecule has 0 aliphatic heterocycles. The zero-order valence-corrected chi connectivity index (χ0v) is 13.3. The van der Waals surface area contributed by atoms with Gasteiger partial charge in [0.25, 0.3) is 0 Å². The Balaban J connectivity index is 1.90. The van der Waals surface area contributed by atoms with Gasteiger partial charge in [-0.05, 0) is 36.7 Å². The number of nitrogens with zero attached hydrogens (tertiary/aromatic N) is 1. The third kappa shape index (κ3) is 1.95. The Kier molecular flexibility index (Phi) is 3.21. The van der Waals surface area contributed by atoms with Crippen LogP contribution in [-0.2, 0) is 0 Å². The zero-order chi connectivity index (χ0) is 15.4. The van der Waals surface area contributed by atoms with E-state index in [1.54, 1.807) is 0 Å². The van der Waals surface area contributed by atoms with Crippen molar-refractivity contribution in [1.82, 2.24) is 4.98 Å². The van der Waals surface area contributed by atoms with Crippen LogP contribution in [0.25, 0.3) is 0 Å². The van der Waals surface area contributed by atoms with Crippen LogP contribution in [0.2, 0.25) is 5.02 Å². The van der Waals surface area contributed by atoms with Crippen LogP contribution in [0, 0.1) is 16.7 Å². The highest BCUT2D eigenvalue weighted by Crippen LogP contribution is 2.66. The first kappa shape index (κ1) is 14.6. The molecule has 21 heavy (non-hydrogen) atoms. The number of carboxylic acids is 1. The maximum Gasteiger partial charge on any atom is 0.337 e. The van der Waals surface area contributed by atoms with E-state index in [1.807, 2.05) is 0 Å². The normalized spacial score (nSPS) is 33.1. The first-order valence-electron chi connectivity index (χ1n) is 7.32. The van der Waals surface area contributed by atoms with Crippen molar-refractivity contribution in [3.05, 3.63) is 22.8 Å². The molecule has 2 bridgehead atoms. The lowest BCUT2D eigenvalue weighted by Gasteiger charge is -2.38. The zero-order valence-electron chi connectivity index (χ0n) is 12.5. The van der Waals surface area contributed by atoms with Crippen molar-refractivity contribution in [1.29, 1.82) is 0 Å². The molecule has 2 saturated carbocycles. The number of pyridine rings is 1. The SMILES string of the molecule is CC1(C)C2CCC1(C)C(Oc1nccc(C(=O)O)c1Cl)C2. The third-order valence-corrected chi connectivity index (χ3v) is 6.42. The molecule has 2 aliphatic carbocycles. The third-order valence-electron chi connectivity index (χ3n) is 6.06. The molecule has 114 valence electrons. The minimum Gasteiger partial charge on any atom is -0.478 e. The van der Waals surface area contributed by atoms with Crippen molar-refractivity contribution in [3.8, 4) is 5.88 Å². The van der Waals surface area contributed by atoms with Crippen LogP contribution in [0.3, 0.4) is 0 Å². The molecule has 0 spiro atoms. The summed E-state index contributed by atoms with van der Waals surface area (Å²) < 4.78 is 6.06. The van der Waals surface area contributed by atoms with Gasteiger partial charge in [0.2, 0.25) is 5.88 Å². The summed E-state index contributed by atoms with van der Waals surface area (Å²) in [6, 6.07) is 1.39. The molecule has 1 N–H and O–H groups in total. The molecule has 2 fully saturated rings. The minimum atomic E-state index is -1.06. The fraction of sp³-hybridized carbons (Fsp3) is 0.625. The van der Waals surface area contributed by atoms with Crippen LogP contribution in [0.4, 0.5) is 0 Å². The summed E-state index contributed by atoms with van der Waals surface area (Å²) >= 11 is 6.13. The average Bonchev–Trinajstić information content (AvgIpc) is 2.74. The van der Waals surface area contributed by atoms with Gasteiger partial charge in [-0.3, -0.25) is 0 Å². The molecule has 0 amide bonds. The molecule has 0 radical (unpaired) electrons. The molecular formula is C16H20ClNO3. The Morgan fingerprint density at radius 1 is 1.48 bits per heavy atom. The van der Waals surface area contributed by atoms with Crippen molar-refractivity contribution in [2.75, 3.05) is 0 Å². The van der Waals surface area contributed by atoms with E-state index in [4.69, 9.17) is 21.4 Å². The summed E-state index contributed by atoms with van der Waals surface area (Å²) in [7, 11) is 0. The fourth-order valence-electron chi connectivity index (χ4n) is 4.12. The Morgan fingerprint density at radius 2 is 2.19 bits per heavy atom. The van der Waals surface area contributed by atoms with Crippen molar-refractivity contribution in [3.63, 3.8) is 0 Å². The molecule has 0 saturated heterocycles. The first-order valence-corrected chi connectivity index (χ1v) is 7.69. The van der Waals surface area contributed by atoms with E-state index in [2.05, 4.69) is 25.8 Å². The second kappa shape index (κ2) is 4.60. The number of carbonyl (C=O) groups is 1. The number of halogens is 1. The van der Waals surface area contributed by atoms with Gasteiger partial charge in [0.15, 0.2) is 0 Å². The van der Waals surface area contributed by atoms with Crippen LogP contribution in [0.15, 0.2) is 12.3 Å². The molecule has 1 aromatic rings. The van der Waals surface area contributed by atoms with Crippen molar-refractivity contribution >= 4 is 17.6 Å². The lowest BCUT2D eigenvalue weighted by molar-refractivity contribution is 0.0272. The van der Waals surface area contributed by atoms with Gasteiger partial charge < -0.3 is 9.84 Å². The molecule has 1 heterocycles. The molecule has 0 aromatic carbocycles. The molecule has 1 aromatic heterocycles. The topological polar surface area (TPSA) is 59.4 Å². The number of fused-ring (bicyclic) bond motifs is 2.